The van der Waals surface area contributed by atoms with Crippen molar-refractivity contribution in [2.24, 2.45) is 23.7 Å². The Hall–Kier alpha value is -5.55. The van der Waals surface area contributed by atoms with Gasteiger partial charge in [0.05, 0.1) is 28.9 Å². The molecule has 6 atom stereocenters. The maximum atomic E-state index is 15.3. The number of imide groups is 2. The van der Waals surface area contributed by atoms with Crippen LogP contribution in [0.4, 0.5) is 10.1 Å². The van der Waals surface area contributed by atoms with E-state index < -0.39 is 64.5 Å². The number of rotatable bonds is 8. The molecule has 2 heterocycles. The fraction of sp³-hybridized carbons (Fsp3) is 0.275. The first kappa shape index (κ1) is 33.6. The van der Waals surface area contributed by atoms with Crippen molar-refractivity contribution in [1.29, 1.82) is 0 Å². The average Bonchev–Trinajstić information content (AvgIpc) is 3.50. The number of amides is 4. The minimum absolute atomic E-state index is 0.0310. The van der Waals surface area contributed by atoms with Crippen LogP contribution < -0.4 is 5.43 Å². The van der Waals surface area contributed by atoms with Gasteiger partial charge in [-0.1, -0.05) is 65.7 Å². The largest absolute Gasteiger partial charge is 0.507 e. The molecular formula is C40H33ClFN3O7. The van der Waals surface area contributed by atoms with Crippen molar-refractivity contribution in [3.63, 3.8) is 0 Å². The van der Waals surface area contributed by atoms with Gasteiger partial charge in [0.1, 0.15) is 11.6 Å². The van der Waals surface area contributed by atoms with Crippen molar-refractivity contribution in [2.75, 3.05) is 12.0 Å². The lowest BCUT2D eigenvalue weighted by molar-refractivity contribution is -0.142. The summed E-state index contributed by atoms with van der Waals surface area (Å²) in [4.78, 5) is 70.5. The Morgan fingerprint density at radius 2 is 1.60 bits per heavy atom. The van der Waals surface area contributed by atoms with E-state index in [-0.39, 0.29) is 43.9 Å². The maximum absolute atomic E-state index is 15.3. The number of benzene rings is 4. The molecule has 4 amide bonds. The highest BCUT2D eigenvalue weighted by atomic mass is 35.5. The van der Waals surface area contributed by atoms with E-state index >= 15 is 4.79 Å². The Kier molecular flexibility index (Phi) is 8.13. The average molecular weight is 722 g/mol. The molecule has 12 heteroatoms. The second-order valence-electron chi connectivity index (χ2n) is 13.9. The molecule has 10 nitrogen and oxygen atoms in total. The van der Waals surface area contributed by atoms with Gasteiger partial charge in [0.2, 0.25) is 11.8 Å². The third kappa shape index (κ3) is 5.01. The molecule has 2 aliphatic heterocycles. The number of aliphatic carboxylic acids is 1. The summed E-state index contributed by atoms with van der Waals surface area (Å²) in [7, 11) is 0. The first-order valence-electron chi connectivity index (χ1n) is 17.2. The van der Waals surface area contributed by atoms with Gasteiger partial charge in [-0.25, -0.2) is 4.39 Å². The number of carboxylic acid groups (broad SMARTS) is 1. The highest BCUT2D eigenvalue weighted by molar-refractivity contribution is 6.30. The predicted molar refractivity (Wildman–Crippen MR) is 188 cm³/mol. The Labute approximate surface area is 302 Å². The van der Waals surface area contributed by atoms with E-state index in [1.54, 1.807) is 48.5 Å². The van der Waals surface area contributed by atoms with Crippen LogP contribution in [-0.2, 0) is 29.4 Å². The molecule has 2 saturated heterocycles. The van der Waals surface area contributed by atoms with E-state index in [1.165, 1.54) is 24.3 Å². The number of nitrogens with zero attached hydrogens (tertiary/aromatic N) is 2. The molecule has 264 valence electrons. The van der Waals surface area contributed by atoms with Crippen molar-refractivity contribution >= 4 is 57.7 Å². The summed E-state index contributed by atoms with van der Waals surface area (Å²) in [5.74, 6) is -7.40. The first-order valence-corrected chi connectivity index (χ1v) is 17.5. The van der Waals surface area contributed by atoms with Gasteiger partial charge in [-0.2, -0.15) is 5.01 Å². The number of carbonyl (C=O) groups is 5. The number of hydrogen-bond acceptors (Lipinski definition) is 7. The summed E-state index contributed by atoms with van der Waals surface area (Å²) in [6.45, 7) is -0.0318. The molecule has 4 aromatic rings. The van der Waals surface area contributed by atoms with Crippen molar-refractivity contribution in [1.82, 2.24) is 9.91 Å². The van der Waals surface area contributed by atoms with E-state index in [4.69, 9.17) is 11.6 Å². The normalized spacial score (nSPS) is 26.7. The molecule has 6 unspecified atom stereocenters. The second kappa shape index (κ2) is 12.6. The SMILES string of the molecule is O=C(O)CCCN1C(=O)C2CC=C3C(CC4C(=O)N(Nc5ccc(F)cc5)C(=O)C4(c4ccc(Cl)cc4)C3c3ccc(O)c4ccccc34)C2C1=O. The van der Waals surface area contributed by atoms with Crippen molar-refractivity contribution < 1.29 is 38.6 Å². The highest BCUT2D eigenvalue weighted by Crippen LogP contribution is 2.64. The molecule has 4 aromatic carbocycles. The molecule has 8 rings (SSSR count). The van der Waals surface area contributed by atoms with Gasteiger partial charge in [-0.15, -0.1) is 0 Å². The Bertz CT molecular complexity index is 2210. The highest BCUT2D eigenvalue weighted by Gasteiger charge is 2.70. The number of likely N-dealkylation sites (tertiary alicyclic amines) is 1. The first-order chi connectivity index (χ1) is 25.0. The minimum atomic E-state index is -1.57. The number of carboxylic acids is 1. The lowest BCUT2D eigenvalue weighted by Gasteiger charge is -2.51. The molecular weight excluding hydrogens is 689 g/mol. The zero-order valence-electron chi connectivity index (χ0n) is 27.7. The van der Waals surface area contributed by atoms with Gasteiger partial charge in [0.25, 0.3) is 11.8 Å². The Morgan fingerprint density at radius 3 is 2.31 bits per heavy atom. The monoisotopic (exact) mass is 721 g/mol. The van der Waals surface area contributed by atoms with Crippen molar-refractivity contribution in [3.05, 3.63) is 119 Å². The molecule has 0 aromatic heterocycles. The third-order valence-electron chi connectivity index (χ3n) is 11.4. The van der Waals surface area contributed by atoms with E-state index in [1.807, 2.05) is 18.2 Å². The van der Waals surface area contributed by atoms with Crippen LogP contribution >= 0.6 is 11.6 Å². The molecule has 2 aliphatic carbocycles. The van der Waals surface area contributed by atoms with E-state index in [0.29, 0.717) is 32.6 Å². The smallest absolute Gasteiger partial charge is 0.303 e. The maximum Gasteiger partial charge on any atom is 0.303 e. The summed E-state index contributed by atoms with van der Waals surface area (Å²) in [6.07, 6.45) is 2.12. The molecule has 52 heavy (non-hydrogen) atoms. The number of hydrazine groups is 1. The van der Waals surface area contributed by atoms with Gasteiger partial charge in [-0.05, 0) is 84.2 Å². The van der Waals surface area contributed by atoms with Crippen LogP contribution in [0, 0.1) is 29.5 Å². The van der Waals surface area contributed by atoms with E-state index in [9.17, 15) is 33.8 Å². The molecule has 3 fully saturated rings. The van der Waals surface area contributed by atoms with Crippen LogP contribution in [0.3, 0.4) is 0 Å². The topological polar surface area (TPSA) is 144 Å². The van der Waals surface area contributed by atoms with E-state index in [0.717, 1.165) is 15.5 Å². The van der Waals surface area contributed by atoms with Crippen LogP contribution in [0.5, 0.6) is 5.75 Å². The van der Waals surface area contributed by atoms with Crippen molar-refractivity contribution in [2.45, 2.75) is 37.0 Å². The number of halogens is 2. The number of nitrogens with one attached hydrogen (secondary N) is 1. The third-order valence-corrected chi connectivity index (χ3v) is 11.6. The zero-order valence-corrected chi connectivity index (χ0v) is 28.4. The van der Waals surface area contributed by atoms with Crippen LogP contribution in [0.2, 0.25) is 5.02 Å². The molecule has 0 bridgehead atoms. The zero-order chi connectivity index (χ0) is 36.5. The van der Waals surface area contributed by atoms with Gasteiger partial charge in [0.15, 0.2) is 0 Å². The second-order valence-corrected chi connectivity index (χ2v) is 14.4. The molecule has 0 spiro atoms. The van der Waals surface area contributed by atoms with Crippen LogP contribution in [0.25, 0.3) is 10.8 Å². The summed E-state index contributed by atoms with van der Waals surface area (Å²) in [5.41, 5.74) is 3.59. The number of aromatic hydroxyl groups is 1. The number of phenolic OH excluding ortho intramolecular Hbond substituents is 1. The lowest BCUT2D eigenvalue weighted by atomic mass is 9.49. The summed E-state index contributed by atoms with van der Waals surface area (Å²) >= 11 is 6.37. The number of phenols is 1. The predicted octanol–water partition coefficient (Wildman–Crippen LogP) is 6.19. The molecule has 0 radical (unpaired) electrons. The lowest BCUT2D eigenvalue weighted by Crippen LogP contribution is -2.53. The number of anilines is 1. The Morgan fingerprint density at radius 1 is 0.885 bits per heavy atom. The number of hydrogen-bond donors (Lipinski definition) is 3. The molecule has 3 N–H and O–H groups in total. The molecule has 1 saturated carbocycles. The summed E-state index contributed by atoms with van der Waals surface area (Å²) in [5, 5.41) is 22.7. The van der Waals surface area contributed by atoms with Gasteiger partial charge in [-0.3, -0.25) is 34.3 Å². The van der Waals surface area contributed by atoms with Crippen LogP contribution in [0.1, 0.15) is 42.7 Å². The number of carbonyl (C=O) groups excluding carboxylic acids is 4. The fourth-order valence-electron chi connectivity index (χ4n) is 9.23. The summed E-state index contributed by atoms with van der Waals surface area (Å²) < 4.78 is 13.9. The van der Waals surface area contributed by atoms with Crippen LogP contribution in [-0.4, -0.2) is 56.3 Å². The van der Waals surface area contributed by atoms with Gasteiger partial charge < -0.3 is 10.2 Å². The minimum Gasteiger partial charge on any atom is -0.507 e. The molecule has 4 aliphatic rings. The number of allylic oxidation sites excluding steroid dienone is 2. The Balaban J connectivity index is 1.34. The quantitative estimate of drug-likeness (QED) is 0.144. The van der Waals surface area contributed by atoms with Gasteiger partial charge >= 0.3 is 5.97 Å². The summed E-state index contributed by atoms with van der Waals surface area (Å²) in [6, 6.07) is 22.6. The standard InChI is InChI=1S/C40H33ClFN3O7/c41-22-9-7-21(8-10-22)40-31(37(50)45(39(40)52)43-24-13-11-23(42)12-14-24)20-30-28(35(40)27-17-18-32(46)26-5-2-1-4-25(26)27)15-16-29-34(30)38(51)44(36(29)49)19-3-6-33(47)48/h1-2,4-5,7-15,17-18,29-31,34-35,43,46H,3,6,16,19-20H2,(H,47,48). The van der Waals surface area contributed by atoms with Crippen molar-refractivity contribution in [3.8, 4) is 5.75 Å². The van der Waals surface area contributed by atoms with Crippen LogP contribution in [0.15, 0.2) is 96.6 Å². The fourth-order valence-corrected chi connectivity index (χ4v) is 9.36. The van der Waals surface area contributed by atoms with Gasteiger partial charge in [0, 0.05) is 29.3 Å². The number of fused-ring (bicyclic) bond motifs is 5. The van der Waals surface area contributed by atoms with E-state index in [2.05, 4.69) is 5.43 Å².